The lowest BCUT2D eigenvalue weighted by Gasteiger charge is -2.15. The molecule has 1 aromatic rings. The zero-order valence-electron chi connectivity index (χ0n) is 10.8. The summed E-state index contributed by atoms with van der Waals surface area (Å²) in [5.74, 6) is 0.297. The molecule has 0 aliphatic rings. The smallest absolute Gasteiger partial charge is 0.207 e. The first kappa shape index (κ1) is 15.5. The highest BCUT2D eigenvalue weighted by molar-refractivity contribution is 7.89. The second-order valence-corrected chi connectivity index (χ2v) is 6.45. The SMILES string of the molecule is CCCC[C@@H](CCl)NS(=O)(=O)c1ccc(C)cc1. The van der Waals surface area contributed by atoms with E-state index in [0.717, 1.165) is 24.8 Å². The number of halogens is 1. The number of nitrogens with one attached hydrogen (secondary N) is 1. The van der Waals surface area contributed by atoms with Crippen LogP contribution in [-0.2, 0) is 10.0 Å². The van der Waals surface area contributed by atoms with Crippen LogP contribution in [0.25, 0.3) is 0 Å². The zero-order chi connectivity index (χ0) is 13.6. The molecule has 18 heavy (non-hydrogen) atoms. The first-order valence-electron chi connectivity index (χ1n) is 6.14. The lowest BCUT2D eigenvalue weighted by Crippen LogP contribution is -2.36. The minimum Gasteiger partial charge on any atom is -0.207 e. The van der Waals surface area contributed by atoms with Crippen LogP contribution < -0.4 is 4.72 Å². The van der Waals surface area contributed by atoms with Crippen molar-refractivity contribution in [3.8, 4) is 0 Å². The maximum atomic E-state index is 12.1. The molecule has 0 amide bonds. The van der Waals surface area contributed by atoms with Gasteiger partial charge in [0.2, 0.25) is 10.0 Å². The normalized spacial score (nSPS) is 13.5. The van der Waals surface area contributed by atoms with Crippen molar-refractivity contribution < 1.29 is 8.42 Å². The van der Waals surface area contributed by atoms with Crippen LogP contribution in [0.2, 0.25) is 0 Å². The highest BCUT2D eigenvalue weighted by Gasteiger charge is 2.18. The van der Waals surface area contributed by atoms with Crippen LogP contribution in [0.1, 0.15) is 31.7 Å². The number of unbranched alkanes of at least 4 members (excludes halogenated alkanes) is 1. The van der Waals surface area contributed by atoms with Gasteiger partial charge in [0.05, 0.1) is 4.90 Å². The summed E-state index contributed by atoms with van der Waals surface area (Å²) in [6.45, 7) is 3.99. The Kier molecular flexibility index (Phi) is 6.12. The van der Waals surface area contributed by atoms with Crippen molar-refractivity contribution in [2.75, 3.05) is 5.88 Å². The van der Waals surface area contributed by atoms with Gasteiger partial charge in [-0.25, -0.2) is 13.1 Å². The molecule has 3 nitrogen and oxygen atoms in total. The summed E-state index contributed by atoms with van der Waals surface area (Å²) < 4.78 is 26.9. The summed E-state index contributed by atoms with van der Waals surface area (Å²) in [6, 6.07) is 6.61. The van der Waals surface area contributed by atoms with Crippen LogP contribution in [0, 0.1) is 6.92 Å². The van der Waals surface area contributed by atoms with Gasteiger partial charge in [-0.1, -0.05) is 37.5 Å². The molecule has 1 atom stereocenters. The van der Waals surface area contributed by atoms with E-state index in [-0.39, 0.29) is 6.04 Å². The minimum atomic E-state index is -3.45. The third-order valence-corrected chi connectivity index (χ3v) is 4.65. The Hall–Kier alpha value is -0.580. The fourth-order valence-corrected chi connectivity index (χ4v) is 3.22. The number of alkyl halides is 1. The van der Waals surface area contributed by atoms with E-state index in [1.807, 2.05) is 6.92 Å². The number of sulfonamides is 1. The number of hydrogen-bond donors (Lipinski definition) is 1. The number of aryl methyl sites for hydroxylation is 1. The first-order valence-corrected chi connectivity index (χ1v) is 8.16. The number of benzene rings is 1. The molecule has 1 aromatic carbocycles. The van der Waals surface area contributed by atoms with Crippen LogP contribution in [0.5, 0.6) is 0 Å². The van der Waals surface area contributed by atoms with Gasteiger partial charge in [0.1, 0.15) is 0 Å². The molecule has 0 aromatic heterocycles. The van der Waals surface area contributed by atoms with Gasteiger partial charge in [-0.3, -0.25) is 0 Å². The van der Waals surface area contributed by atoms with E-state index in [0.29, 0.717) is 10.8 Å². The van der Waals surface area contributed by atoms with E-state index in [4.69, 9.17) is 11.6 Å². The molecule has 102 valence electrons. The summed E-state index contributed by atoms with van der Waals surface area (Å²) in [5, 5.41) is 0. The summed E-state index contributed by atoms with van der Waals surface area (Å²) in [7, 11) is -3.45. The largest absolute Gasteiger partial charge is 0.240 e. The molecule has 0 heterocycles. The predicted octanol–water partition coefficient (Wildman–Crippen LogP) is 3.07. The molecule has 0 aliphatic carbocycles. The lowest BCUT2D eigenvalue weighted by atomic mass is 10.2. The molecular weight excluding hydrogens is 270 g/mol. The lowest BCUT2D eigenvalue weighted by molar-refractivity contribution is 0.536. The molecule has 0 bridgehead atoms. The van der Waals surface area contributed by atoms with Crippen molar-refractivity contribution in [3.63, 3.8) is 0 Å². The molecule has 1 rings (SSSR count). The standard InChI is InChI=1S/C13H20ClNO2S/c1-3-4-5-12(10-14)15-18(16,17)13-8-6-11(2)7-9-13/h6-9,12,15H,3-5,10H2,1-2H3/t12-/m0/s1. The molecule has 0 saturated heterocycles. The van der Waals surface area contributed by atoms with Crippen molar-refractivity contribution in [1.82, 2.24) is 4.72 Å². The molecule has 0 spiro atoms. The quantitative estimate of drug-likeness (QED) is 0.784. The summed E-state index contributed by atoms with van der Waals surface area (Å²) in [6.07, 6.45) is 2.76. The Bertz CT molecular complexity index is 456. The molecule has 1 N–H and O–H groups in total. The average molecular weight is 290 g/mol. The molecule has 5 heteroatoms. The van der Waals surface area contributed by atoms with Crippen LogP contribution in [0.15, 0.2) is 29.2 Å². The Morgan fingerprint density at radius 2 is 1.89 bits per heavy atom. The van der Waals surface area contributed by atoms with Crippen LogP contribution >= 0.6 is 11.6 Å². The van der Waals surface area contributed by atoms with E-state index >= 15 is 0 Å². The molecule has 0 radical (unpaired) electrons. The van der Waals surface area contributed by atoms with Gasteiger partial charge >= 0.3 is 0 Å². The maximum Gasteiger partial charge on any atom is 0.240 e. The average Bonchev–Trinajstić information content (AvgIpc) is 2.35. The van der Waals surface area contributed by atoms with E-state index in [1.165, 1.54) is 0 Å². The van der Waals surface area contributed by atoms with E-state index in [2.05, 4.69) is 11.6 Å². The molecule has 0 fully saturated rings. The fourth-order valence-electron chi connectivity index (χ4n) is 1.62. The minimum absolute atomic E-state index is 0.196. The van der Waals surface area contributed by atoms with E-state index in [1.54, 1.807) is 24.3 Å². The highest BCUT2D eigenvalue weighted by Crippen LogP contribution is 2.12. The van der Waals surface area contributed by atoms with Gasteiger partial charge in [-0.15, -0.1) is 11.6 Å². The van der Waals surface area contributed by atoms with Gasteiger partial charge in [0.25, 0.3) is 0 Å². The van der Waals surface area contributed by atoms with Crippen LogP contribution in [0.3, 0.4) is 0 Å². The second-order valence-electron chi connectivity index (χ2n) is 4.43. The number of rotatable bonds is 7. The van der Waals surface area contributed by atoms with E-state index in [9.17, 15) is 8.42 Å². The van der Waals surface area contributed by atoms with Crippen molar-refractivity contribution in [3.05, 3.63) is 29.8 Å². The third kappa shape index (κ3) is 4.59. The number of hydrogen-bond acceptors (Lipinski definition) is 2. The maximum absolute atomic E-state index is 12.1. The zero-order valence-corrected chi connectivity index (χ0v) is 12.4. The van der Waals surface area contributed by atoms with Gasteiger partial charge in [0, 0.05) is 11.9 Å². The summed E-state index contributed by atoms with van der Waals surface area (Å²) in [4.78, 5) is 0.291. The summed E-state index contributed by atoms with van der Waals surface area (Å²) in [5.41, 5.74) is 1.04. The third-order valence-electron chi connectivity index (χ3n) is 2.75. The molecule has 0 unspecified atom stereocenters. The van der Waals surface area contributed by atoms with Gasteiger partial charge in [0.15, 0.2) is 0 Å². The van der Waals surface area contributed by atoms with Gasteiger partial charge in [-0.2, -0.15) is 0 Å². The van der Waals surface area contributed by atoms with Crippen molar-refractivity contribution >= 4 is 21.6 Å². The molecule has 0 saturated carbocycles. The fraction of sp³-hybridized carbons (Fsp3) is 0.538. The van der Waals surface area contributed by atoms with Gasteiger partial charge < -0.3 is 0 Å². The van der Waals surface area contributed by atoms with Crippen molar-refractivity contribution in [1.29, 1.82) is 0 Å². The summed E-state index contributed by atoms with van der Waals surface area (Å²) >= 11 is 5.80. The predicted molar refractivity (Wildman–Crippen MR) is 75.5 cm³/mol. The van der Waals surface area contributed by atoms with Gasteiger partial charge in [-0.05, 0) is 25.5 Å². The Balaban J connectivity index is 2.77. The first-order chi connectivity index (χ1) is 8.49. The Labute approximate surface area is 115 Å². The Morgan fingerprint density at radius 3 is 2.39 bits per heavy atom. The highest BCUT2D eigenvalue weighted by atomic mass is 35.5. The second kappa shape index (κ2) is 7.12. The van der Waals surface area contributed by atoms with E-state index < -0.39 is 10.0 Å². The van der Waals surface area contributed by atoms with Crippen molar-refractivity contribution in [2.24, 2.45) is 0 Å². The van der Waals surface area contributed by atoms with Crippen LogP contribution in [0.4, 0.5) is 0 Å². The van der Waals surface area contributed by atoms with Crippen molar-refractivity contribution in [2.45, 2.75) is 44.0 Å². The monoisotopic (exact) mass is 289 g/mol. The topological polar surface area (TPSA) is 46.2 Å². The van der Waals surface area contributed by atoms with Crippen LogP contribution in [-0.4, -0.2) is 20.3 Å². The molecule has 0 aliphatic heterocycles. The Morgan fingerprint density at radius 1 is 1.28 bits per heavy atom. The molecular formula is C13H20ClNO2S.